The van der Waals surface area contributed by atoms with Gasteiger partial charge in [-0.2, -0.15) is 0 Å². The van der Waals surface area contributed by atoms with Gasteiger partial charge in [-0.25, -0.2) is 0 Å². The van der Waals surface area contributed by atoms with Gasteiger partial charge in [-0.05, 0) is 12.5 Å². The van der Waals surface area contributed by atoms with E-state index in [0.29, 0.717) is 0 Å². The lowest BCUT2D eigenvalue weighted by molar-refractivity contribution is -0.139. The van der Waals surface area contributed by atoms with Crippen LogP contribution in [-0.2, 0) is 9.53 Å². The Balaban J connectivity index is 3.75. The summed E-state index contributed by atoms with van der Waals surface area (Å²) in [6, 6.07) is 0. The molecule has 0 saturated carbocycles. The third-order valence-corrected chi connectivity index (χ3v) is 1.03. The average molecular weight is 138 g/mol. The molecule has 0 unspecified atom stereocenters. The standard InChI is InChI=1S/C8H10O2/c1-4-7(2)5-6-8(9)10-3/h1,5H,6H2,2-3H3/b7-5-. The molecule has 0 spiro atoms. The predicted molar refractivity (Wildman–Crippen MR) is 39.2 cm³/mol. The Morgan fingerprint density at radius 1 is 1.80 bits per heavy atom. The van der Waals surface area contributed by atoms with E-state index in [1.54, 1.807) is 13.0 Å². The lowest BCUT2D eigenvalue weighted by Crippen LogP contribution is -1.97. The molecule has 10 heavy (non-hydrogen) atoms. The van der Waals surface area contributed by atoms with Crippen LogP contribution >= 0.6 is 0 Å². The zero-order valence-electron chi connectivity index (χ0n) is 6.18. The van der Waals surface area contributed by atoms with Crippen molar-refractivity contribution in [1.29, 1.82) is 0 Å². The van der Waals surface area contributed by atoms with Gasteiger partial charge in [-0.15, -0.1) is 6.42 Å². The Hall–Kier alpha value is -1.23. The van der Waals surface area contributed by atoms with Crippen molar-refractivity contribution in [3.05, 3.63) is 11.6 Å². The molecule has 0 amide bonds. The number of allylic oxidation sites excluding steroid dienone is 1. The lowest BCUT2D eigenvalue weighted by Gasteiger charge is -1.91. The largest absolute Gasteiger partial charge is 0.469 e. The maximum Gasteiger partial charge on any atom is 0.309 e. The quantitative estimate of drug-likeness (QED) is 0.422. The Morgan fingerprint density at radius 2 is 2.40 bits per heavy atom. The summed E-state index contributed by atoms with van der Waals surface area (Å²) in [5, 5.41) is 0. The smallest absolute Gasteiger partial charge is 0.309 e. The topological polar surface area (TPSA) is 26.3 Å². The number of methoxy groups -OCH3 is 1. The molecule has 0 heterocycles. The van der Waals surface area contributed by atoms with Crippen LogP contribution in [0.1, 0.15) is 13.3 Å². The summed E-state index contributed by atoms with van der Waals surface area (Å²) in [5.41, 5.74) is 0.755. The summed E-state index contributed by atoms with van der Waals surface area (Å²) < 4.78 is 4.39. The molecule has 0 aromatic carbocycles. The van der Waals surface area contributed by atoms with Crippen molar-refractivity contribution in [2.75, 3.05) is 7.11 Å². The van der Waals surface area contributed by atoms with Gasteiger partial charge in [-0.3, -0.25) is 4.79 Å². The van der Waals surface area contributed by atoms with Gasteiger partial charge in [0.25, 0.3) is 0 Å². The normalized spacial score (nSPS) is 10.3. The molecule has 0 aliphatic heterocycles. The maximum absolute atomic E-state index is 10.5. The van der Waals surface area contributed by atoms with Crippen molar-refractivity contribution < 1.29 is 9.53 Å². The van der Waals surface area contributed by atoms with Crippen LogP contribution in [-0.4, -0.2) is 13.1 Å². The van der Waals surface area contributed by atoms with Gasteiger partial charge in [0, 0.05) is 0 Å². The molecule has 0 aromatic heterocycles. The van der Waals surface area contributed by atoms with E-state index in [9.17, 15) is 4.79 Å². The minimum atomic E-state index is -0.269. The first-order valence-corrected chi connectivity index (χ1v) is 2.91. The summed E-state index contributed by atoms with van der Waals surface area (Å²) in [7, 11) is 1.35. The third-order valence-electron chi connectivity index (χ3n) is 1.03. The van der Waals surface area contributed by atoms with Gasteiger partial charge >= 0.3 is 5.97 Å². The predicted octanol–water partition coefficient (Wildman–Crippen LogP) is 1.13. The molecular formula is C8H10O2. The van der Waals surface area contributed by atoms with Gasteiger partial charge in [0.15, 0.2) is 0 Å². The Morgan fingerprint density at radius 3 is 2.80 bits per heavy atom. The minimum Gasteiger partial charge on any atom is -0.469 e. The number of ether oxygens (including phenoxy) is 1. The van der Waals surface area contributed by atoms with E-state index in [4.69, 9.17) is 6.42 Å². The van der Waals surface area contributed by atoms with Crippen molar-refractivity contribution in [2.24, 2.45) is 0 Å². The fourth-order valence-corrected chi connectivity index (χ4v) is 0.379. The molecule has 0 saturated heterocycles. The number of carbonyl (C=O) groups excluding carboxylic acids is 1. The van der Waals surface area contributed by atoms with Gasteiger partial charge in [0.05, 0.1) is 13.5 Å². The zero-order chi connectivity index (χ0) is 7.98. The highest BCUT2D eigenvalue weighted by molar-refractivity contribution is 5.71. The van der Waals surface area contributed by atoms with E-state index in [2.05, 4.69) is 10.7 Å². The van der Waals surface area contributed by atoms with Gasteiger partial charge < -0.3 is 4.74 Å². The molecule has 0 bridgehead atoms. The molecule has 2 heteroatoms. The second kappa shape index (κ2) is 4.63. The number of rotatable bonds is 2. The van der Waals surface area contributed by atoms with E-state index in [1.807, 2.05) is 0 Å². The molecule has 0 rings (SSSR count). The van der Waals surface area contributed by atoms with E-state index in [0.717, 1.165) is 5.57 Å². The SMILES string of the molecule is C#C/C(C)=C\CC(=O)OC. The summed E-state index contributed by atoms with van der Waals surface area (Å²) >= 11 is 0. The Bertz CT molecular complexity index is 184. The van der Waals surface area contributed by atoms with Crippen molar-refractivity contribution in [3.8, 4) is 12.3 Å². The second-order valence-corrected chi connectivity index (χ2v) is 1.81. The van der Waals surface area contributed by atoms with Crippen LogP contribution in [0.2, 0.25) is 0 Å². The van der Waals surface area contributed by atoms with Crippen LogP contribution in [0, 0.1) is 12.3 Å². The van der Waals surface area contributed by atoms with Crippen molar-refractivity contribution in [1.82, 2.24) is 0 Å². The van der Waals surface area contributed by atoms with E-state index < -0.39 is 0 Å². The van der Waals surface area contributed by atoms with Crippen LogP contribution in [0.5, 0.6) is 0 Å². The monoisotopic (exact) mass is 138 g/mol. The Kier molecular flexibility index (Phi) is 4.06. The third kappa shape index (κ3) is 3.73. The first-order valence-electron chi connectivity index (χ1n) is 2.91. The lowest BCUT2D eigenvalue weighted by atomic mass is 10.2. The fourth-order valence-electron chi connectivity index (χ4n) is 0.379. The average Bonchev–Trinajstić information content (AvgIpc) is 1.99. The van der Waals surface area contributed by atoms with E-state index >= 15 is 0 Å². The zero-order valence-corrected chi connectivity index (χ0v) is 6.18. The summed E-state index contributed by atoms with van der Waals surface area (Å²) in [6.45, 7) is 1.77. The highest BCUT2D eigenvalue weighted by atomic mass is 16.5. The van der Waals surface area contributed by atoms with Crippen LogP contribution < -0.4 is 0 Å². The number of hydrogen-bond donors (Lipinski definition) is 0. The number of hydrogen-bond acceptors (Lipinski definition) is 2. The highest BCUT2D eigenvalue weighted by Gasteiger charge is 1.94. The molecule has 0 N–H and O–H groups in total. The first kappa shape index (κ1) is 8.77. The summed E-state index contributed by atoms with van der Waals surface area (Å²) in [6.07, 6.45) is 6.94. The van der Waals surface area contributed by atoms with Gasteiger partial charge in [-0.1, -0.05) is 12.0 Å². The molecule has 2 nitrogen and oxygen atoms in total. The molecular weight excluding hydrogens is 128 g/mol. The van der Waals surface area contributed by atoms with Crippen LogP contribution in [0.4, 0.5) is 0 Å². The molecule has 0 atom stereocenters. The molecule has 54 valence electrons. The van der Waals surface area contributed by atoms with Gasteiger partial charge in [0.1, 0.15) is 0 Å². The molecule has 0 fully saturated rings. The fraction of sp³-hybridized carbons (Fsp3) is 0.375. The molecule has 0 radical (unpaired) electrons. The van der Waals surface area contributed by atoms with Crippen molar-refractivity contribution >= 4 is 5.97 Å². The van der Waals surface area contributed by atoms with E-state index in [-0.39, 0.29) is 12.4 Å². The van der Waals surface area contributed by atoms with Crippen LogP contribution in [0.15, 0.2) is 11.6 Å². The maximum atomic E-state index is 10.5. The summed E-state index contributed by atoms with van der Waals surface area (Å²) in [4.78, 5) is 10.5. The van der Waals surface area contributed by atoms with Crippen molar-refractivity contribution in [3.63, 3.8) is 0 Å². The first-order chi connectivity index (χ1) is 4.70. The molecule has 0 aliphatic rings. The Labute approximate surface area is 60.9 Å². The summed E-state index contributed by atoms with van der Waals surface area (Å²) in [5.74, 6) is 2.13. The minimum absolute atomic E-state index is 0.256. The highest BCUT2D eigenvalue weighted by Crippen LogP contribution is 1.93. The molecule has 0 aromatic rings. The van der Waals surface area contributed by atoms with Crippen LogP contribution in [0.25, 0.3) is 0 Å². The molecule has 0 aliphatic carbocycles. The number of esters is 1. The van der Waals surface area contributed by atoms with Gasteiger partial charge in [0.2, 0.25) is 0 Å². The second-order valence-electron chi connectivity index (χ2n) is 1.81. The number of terminal acetylenes is 1. The van der Waals surface area contributed by atoms with Crippen molar-refractivity contribution in [2.45, 2.75) is 13.3 Å². The number of carbonyl (C=O) groups is 1. The van der Waals surface area contributed by atoms with E-state index in [1.165, 1.54) is 7.11 Å². The van der Waals surface area contributed by atoms with Crippen LogP contribution in [0.3, 0.4) is 0 Å².